The van der Waals surface area contributed by atoms with E-state index in [2.05, 4.69) is 10.6 Å². The van der Waals surface area contributed by atoms with Crippen molar-refractivity contribution in [3.63, 3.8) is 0 Å². The first-order chi connectivity index (χ1) is 21.2. The number of carbonyl (C=O) groups is 3. The first-order valence-electron chi connectivity index (χ1n) is 15.8. The summed E-state index contributed by atoms with van der Waals surface area (Å²) in [6.45, 7) is 8.48. The Morgan fingerprint density at radius 3 is 2.59 bits per heavy atom. The molecule has 0 bridgehead atoms. The molecule has 10 nitrogen and oxygen atoms in total. The van der Waals surface area contributed by atoms with Crippen molar-refractivity contribution in [2.45, 2.75) is 64.1 Å². The highest BCUT2D eigenvalue weighted by atomic mass is 16.5. The summed E-state index contributed by atoms with van der Waals surface area (Å²) in [6.07, 6.45) is 2.98. The maximum Gasteiger partial charge on any atom is 0.270 e. The zero-order chi connectivity index (χ0) is 31.3. The number of nitrogens with zero attached hydrogens (tertiary/aromatic N) is 2. The van der Waals surface area contributed by atoms with Gasteiger partial charge in [0.15, 0.2) is 5.60 Å². The Balaban J connectivity index is 1.32. The normalized spacial score (nSPS) is 21.6. The van der Waals surface area contributed by atoms with Crippen molar-refractivity contribution in [1.82, 2.24) is 10.6 Å². The van der Waals surface area contributed by atoms with Gasteiger partial charge in [0.1, 0.15) is 5.75 Å². The van der Waals surface area contributed by atoms with Gasteiger partial charge in [-0.1, -0.05) is 30.3 Å². The maximum atomic E-state index is 14.2. The number of amides is 3. The summed E-state index contributed by atoms with van der Waals surface area (Å²) in [6, 6.07) is 15.3. The van der Waals surface area contributed by atoms with Crippen molar-refractivity contribution in [1.29, 1.82) is 0 Å². The van der Waals surface area contributed by atoms with Gasteiger partial charge < -0.3 is 34.6 Å². The third kappa shape index (κ3) is 7.25. The number of nitrogens with one attached hydrogen (secondary N) is 2. The Morgan fingerprint density at radius 1 is 1.14 bits per heavy atom. The molecule has 0 spiro atoms. The number of carbonyl (C=O) groups excluding carboxylic acids is 3. The van der Waals surface area contributed by atoms with Gasteiger partial charge in [0.25, 0.3) is 5.91 Å². The highest BCUT2D eigenvalue weighted by Gasteiger charge is 2.43. The summed E-state index contributed by atoms with van der Waals surface area (Å²) in [5.74, 6) is -0.283. The average molecular weight is 607 g/mol. The first kappa shape index (κ1) is 31.9. The Kier molecular flexibility index (Phi) is 10.2. The third-order valence-electron chi connectivity index (χ3n) is 8.59. The van der Waals surface area contributed by atoms with E-state index in [1.54, 1.807) is 25.9 Å². The lowest BCUT2D eigenvalue weighted by atomic mass is 9.88. The number of fused-ring (bicyclic) bond motifs is 1. The molecule has 1 aliphatic carbocycles. The predicted octanol–water partition coefficient (Wildman–Crippen LogP) is 3.84. The molecule has 3 aliphatic rings. The van der Waals surface area contributed by atoms with Gasteiger partial charge in [0.05, 0.1) is 30.2 Å². The largest absolute Gasteiger partial charge is 0.476 e. The Bertz CT molecular complexity index is 1310. The number of anilines is 2. The average Bonchev–Trinajstić information content (AvgIpc) is 3.87. The molecule has 0 radical (unpaired) electrons. The second kappa shape index (κ2) is 14.1. The summed E-state index contributed by atoms with van der Waals surface area (Å²) in [4.78, 5) is 44.7. The number of rotatable bonds is 13. The molecular formula is C34H46N4O6. The molecular weight excluding hydrogens is 560 g/mol. The molecule has 1 saturated heterocycles. The second-order valence-electron chi connectivity index (χ2n) is 12.4. The van der Waals surface area contributed by atoms with Gasteiger partial charge in [-0.05, 0) is 70.2 Å². The molecule has 3 atom stereocenters. The van der Waals surface area contributed by atoms with Crippen LogP contribution in [0.25, 0.3) is 0 Å². The Hall–Kier alpha value is -3.47. The number of hydrogen-bond donors (Lipinski definition) is 2. The fraction of sp³-hybridized carbons (Fsp3) is 0.559. The van der Waals surface area contributed by atoms with Crippen LogP contribution in [0.5, 0.6) is 5.75 Å². The van der Waals surface area contributed by atoms with Gasteiger partial charge in [0.2, 0.25) is 11.8 Å². The minimum atomic E-state index is -0.987. The van der Waals surface area contributed by atoms with Crippen LogP contribution in [-0.4, -0.2) is 75.9 Å². The van der Waals surface area contributed by atoms with E-state index in [-0.39, 0.29) is 41.6 Å². The van der Waals surface area contributed by atoms with Crippen LogP contribution in [0.4, 0.5) is 11.4 Å². The number of piperidine rings is 1. The molecule has 2 aliphatic heterocycles. The van der Waals surface area contributed by atoms with Crippen LogP contribution >= 0.6 is 0 Å². The van der Waals surface area contributed by atoms with Gasteiger partial charge in [-0.2, -0.15) is 0 Å². The molecule has 2 fully saturated rings. The molecule has 0 aromatic heterocycles. The zero-order valence-electron chi connectivity index (χ0n) is 26.3. The van der Waals surface area contributed by atoms with Crippen LogP contribution in [0.2, 0.25) is 0 Å². The molecule has 1 saturated carbocycles. The maximum absolute atomic E-state index is 14.2. The van der Waals surface area contributed by atoms with Crippen molar-refractivity contribution in [2.75, 3.05) is 56.4 Å². The van der Waals surface area contributed by atoms with E-state index in [0.717, 1.165) is 24.1 Å². The fourth-order valence-electron chi connectivity index (χ4n) is 6.10. The van der Waals surface area contributed by atoms with Gasteiger partial charge in [-0.25, -0.2) is 0 Å². The zero-order valence-corrected chi connectivity index (χ0v) is 26.3. The van der Waals surface area contributed by atoms with Crippen LogP contribution in [0.3, 0.4) is 0 Å². The van der Waals surface area contributed by atoms with Crippen LogP contribution < -0.4 is 25.2 Å². The van der Waals surface area contributed by atoms with E-state index in [9.17, 15) is 14.4 Å². The summed E-state index contributed by atoms with van der Waals surface area (Å²) >= 11 is 0. The van der Waals surface area contributed by atoms with Crippen LogP contribution in [-0.2, 0) is 23.9 Å². The van der Waals surface area contributed by atoms with Crippen LogP contribution in [0.15, 0.2) is 48.5 Å². The summed E-state index contributed by atoms with van der Waals surface area (Å²) in [5.41, 5.74) is 1.41. The SMILES string of the molecule is CCOC[C@@H](NC(=O)[C@@H]1CNC[C@H](C(=O)N(c2ccc3c(c2)N(CCCOC)C(=O)C(C)(C)O3)C2CC2)C1)c1ccccc1. The lowest BCUT2D eigenvalue weighted by molar-refractivity contribution is -0.132. The smallest absolute Gasteiger partial charge is 0.270 e. The number of ether oxygens (including phenoxy) is 3. The molecule has 0 unspecified atom stereocenters. The predicted molar refractivity (Wildman–Crippen MR) is 169 cm³/mol. The Labute approximate surface area is 260 Å². The molecule has 3 amide bonds. The third-order valence-corrected chi connectivity index (χ3v) is 8.59. The fourth-order valence-corrected chi connectivity index (χ4v) is 6.10. The first-order valence-corrected chi connectivity index (χ1v) is 15.8. The minimum Gasteiger partial charge on any atom is -0.476 e. The van der Waals surface area contributed by atoms with E-state index < -0.39 is 5.60 Å². The number of benzene rings is 2. The van der Waals surface area contributed by atoms with Gasteiger partial charge in [-0.15, -0.1) is 0 Å². The number of methoxy groups -OCH3 is 1. The van der Waals surface area contributed by atoms with Crippen molar-refractivity contribution < 1.29 is 28.6 Å². The minimum absolute atomic E-state index is 0.000642. The molecule has 44 heavy (non-hydrogen) atoms. The lowest BCUT2D eigenvalue weighted by Gasteiger charge is -2.40. The van der Waals surface area contributed by atoms with Crippen molar-refractivity contribution in [3.05, 3.63) is 54.1 Å². The summed E-state index contributed by atoms with van der Waals surface area (Å²) in [7, 11) is 1.65. The topological polar surface area (TPSA) is 109 Å². The van der Waals surface area contributed by atoms with Gasteiger partial charge in [-0.3, -0.25) is 14.4 Å². The highest BCUT2D eigenvalue weighted by molar-refractivity contribution is 6.04. The van der Waals surface area contributed by atoms with Gasteiger partial charge in [0, 0.05) is 51.7 Å². The van der Waals surface area contributed by atoms with Crippen LogP contribution in [0, 0.1) is 11.8 Å². The molecule has 10 heteroatoms. The quantitative estimate of drug-likeness (QED) is 0.334. The van der Waals surface area contributed by atoms with E-state index in [1.807, 2.05) is 60.4 Å². The Morgan fingerprint density at radius 2 is 1.89 bits per heavy atom. The molecule has 2 heterocycles. The molecule has 238 valence electrons. The molecule has 5 rings (SSSR count). The van der Waals surface area contributed by atoms with Crippen molar-refractivity contribution in [2.24, 2.45) is 11.8 Å². The van der Waals surface area contributed by atoms with Crippen molar-refractivity contribution >= 4 is 29.1 Å². The highest BCUT2D eigenvalue weighted by Crippen LogP contribution is 2.43. The molecule has 2 aromatic rings. The van der Waals surface area contributed by atoms with Crippen LogP contribution in [0.1, 0.15) is 58.1 Å². The standard InChI is InChI=1S/C34H46N4O6/c1-5-43-22-28(23-10-7-6-8-11-23)36-31(39)24-18-25(21-35-20-24)32(40)38(26-12-13-26)27-14-15-30-29(19-27)37(16-9-17-42-4)33(41)34(2,3)44-30/h6-8,10-11,14-15,19,24-26,28,35H,5,9,12-13,16-18,20-22H2,1-4H3,(H,36,39)/t24-,25+,28+/m0/s1. The number of hydrogen-bond acceptors (Lipinski definition) is 7. The second-order valence-corrected chi connectivity index (χ2v) is 12.4. The van der Waals surface area contributed by atoms with E-state index in [0.29, 0.717) is 63.7 Å². The lowest BCUT2D eigenvalue weighted by Crippen LogP contribution is -2.53. The van der Waals surface area contributed by atoms with E-state index >= 15 is 0 Å². The van der Waals surface area contributed by atoms with E-state index in [4.69, 9.17) is 14.2 Å². The summed E-state index contributed by atoms with van der Waals surface area (Å²) < 4.78 is 17.0. The molecule has 2 N–H and O–H groups in total. The monoisotopic (exact) mass is 606 g/mol. The summed E-state index contributed by atoms with van der Waals surface area (Å²) in [5, 5.41) is 6.52. The van der Waals surface area contributed by atoms with Crippen molar-refractivity contribution in [3.8, 4) is 5.75 Å². The van der Waals surface area contributed by atoms with E-state index in [1.165, 1.54) is 0 Å². The van der Waals surface area contributed by atoms with Gasteiger partial charge >= 0.3 is 0 Å². The molecule has 2 aromatic carbocycles.